The minimum Gasteiger partial charge on any atom is -0.306 e. The first kappa shape index (κ1) is 13.9. The highest BCUT2D eigenvalue weighted by molar-refractivity contribution is 5.82. The first-order valence-corrected chi connectivity index (χ1v) is 6.87. The van der Waals surface area contributed by atoms with Crippen LogP contribution in [0.15, 0.2) is 47.3 Å². The molecule has 22 heavy (non-hydrogen) atoms. The lowest BCUT2D eigenvalue weighted by Gasteiger charge is -2.06. The van der Waals surface area contributed by atoms with Gasteiger partial charge in [0.05, 0.1) is 15.8 Å². The number of aryl methyl sites for hydroxylation is 1. The van der Waals surface area contributed by atoms with E-state index in [1.54, 1.807) is 18.2 Å². The highest BCUT2D eigenvalue weighted by Gasteiger charge is 2.10. The van der Waals surface area contributed by atoms with Gasteiger partial charge in [-0.15, -0.1) is 0 Å². The maximum Gasteiger partial charge on any atom is 0.269 e. The molecule has 0 unspecified atom stereocenters. The Kier molecular flexibility index (Phi) is 3.42. The first-order chi connectivity index (χ1) is 10.6. The van der Waals surface area contributed by atoms with Crippen molar-refractivity contribution in [3.63, 3.8) is 0 Å². The minimum atomic E-state index is -0.463. The molecule has 6 heteroatoms. The Morgan fingerprint density at radius 3 is 2.55 bits per heavy atom. The Morgan fingerprint density at radius 1 is 1.18 bits per heavy atom. The van der Waals surface area contributed by atoms with Gasteiger partial charge in [0.1, 0.15) is 5.82 Å². The lowest BCUT2D eigenvalue weighted by molar-refractivity contribution is -0.384. The topological polar surface area (TPSA) is 88.9 Å². The van der Waals surface area contributed by atoms with Crippen molar-refractivity contribution in [1.82, 2.24) is 9.97 Å². The Morgan fingerprint density at radius 2 is 1.91 bits per heavy atom. The number of nitrogens with zero attached hydrogens (tertiary/aromatic N) is 2. The first-order valence-electron chi connectivity index (χ1n) is 6.87. The lowest BCUT2D eigenvalue weighted by atomic mass is 10.1. The summed E-state index contributed by atoms with van der Waals surface area (Å²) in [4.78, 5) is 29.7. The second kappa shape index (κ2) is 5.40. The number of H-pyrrole nitrogens is 1. The molecule has 0 aliphatic heterocycles. The number of nitrogens with one attached hydrogen (secondary N) is 1. The van der Waals surface area contributed by atoms with Crippen molar-refractivity contribution in [2.45, 2.75) is 13.3 Å². The van der Waals surface area contributed by atoms with E-state index in [2.05, 4.69) is 9.97 Å². The Hall–Kier alpha value is -3.02. The van der Waals surface area contributed by atoms with Gasteiger partial charge in [-0.25, -0.2) is 4.98 Å². The number of para-hydroxylation sites is 1. The SMILES string of the molecule is CCc1cccc2c(=O)[nH]c(-c3ccc([N+](=O)[O-])cc3)nc12. The van der Waals surface area contributed by atoms with E-state index in [1.807, 2.05) is 19.1 Å². The zero-order valence-corrected chi connectivity index (χ0v) is 11.9. The summed E-state index contributed by atoms with van der Waals surface area (Å²) in [7, 11) is 0. The Balaban J connectivity index is 2.19. The molecule has 3 aromatic rings. The van der Waals surface area contributed by atoms with Gasteiger partial charge in [0.25, 0.3) is 11.2 Å². The molecule has 0 radical (unpaired) electrons. The van der Waals surface area contributed by atoms with Gasteiger partial charge in [0.2, 0.25) is 0 Å². The van der Waals surface area contributed by atoms with Gasteiger partial charge in [-0.05, 0) is 30.2 Å². The van der Waals surface area contributed by atoms with Gasteiger partial charge >= 0.3 is 0 Å². The second-order valence-electron chi connectivity index (χ2n) is 4.89. The summed E-state index contributed by atoms with van der Waals surface area (Å²) in [5.74, 6) is 0.410. The van der Waals surface area contributed by atoms with Crippen molar-refractivity contribution < 1.29 is 4.92 Å². The number of benzene rings is 2. The summed E-state index contributed by atoms with van der Waals surface area (Å²) in [6, 6.07) is 11.5. The zero-order chi connectivity index (χ0) is 15.7. The predicted octanol–water partition coefficient (Wildman–Crippen LogP) is 3.06. The third-order valence-electron chi connectivity index (χ3n) is 3.55. The molecule has 6 nitrogen and oxygen atoms in total. The van der Waals surface area contributed by atoms with E-state index in [4.69, 9.17) is 0 Å². The molecule has 3 rings (SSSR count). The molecule has 2 aromatic carbocycles. The van der Waals surface area contributed by atoms with Crippen LogP contribution in [0.25, 0.3) is 22.3 Å². The van der Waals surface area contributed by atoms with Crippen LogP contribution >= 0.6 is 0 Å². The monoisotopic (exact) mass is 295 g/mol. The lowest BCUT2D eigenvalue weighted by Crippen LogP contribution is -2.10. The summed E-state index contributed by atoms with van der Waals surface area (Å²) in [5, 5.41) is 11.2. The van der Waals surface area contributed by atoms with Crippen LogP contribution in [0.1, 0.15) is 12.5 Å². The average Bonchev–Trinajstić information content (AvgIpc) is 2.54. The van der Waals surface area contributed by atoms with E-state index in [0.717, 1.165) is 12.0 Å². The van der Waals surface area contributed by atoms with Crippen LogP contribution in [-0.2, 0) is 6.42 Å². The third kappa shape index (κ3) is 2.35. The van der Waals surface area contributed by atoms with E-state index in [-0.39, 0.29) is 11.2 Å². The van der Waals surface area contributed by atoms with Gasteiger partial charge < -0.3 is 4.98 Å². The molecular weight excluding hydrogens is 282 g/mol. The van der Waals surface area contributed by atoms with Gasteiger partial charge in [0.15, 0.2) is 0 Å². The minimum absolute atomic E-state index is 0.00105. The largest absolute Gasteiger partial charge is 0.306 e. The fraction of sp³-hybridized carbons (Fsp3) is 0.125. The maximum absolute atomic E-state index is 12.2. The van der Waals surface area contributed by atoms with Crippen molar-refractivity contribution in [3.8, 4) is 11.4 Å². The number of hydrogen-bond acceptors (Lipinski definition) is 4. The van der Waals surface area contributed by atoms with E-state index < -0.39 is 4.92 Å². The van der Waals surface area contributed by atoms with Gasteiger partial charge in [-0.2, -0.15) is 0 Å². The molecule has 0 bridgehead atoms. The van der Waals surface area contributed by atoms with Crippen molar-refractivity contribution in [1.29, 1.82) is 0 Å². The number of rotatable bonds is 3. The van der Waals surface area contributed by atoms with Gasteiger partial charge in [-0.3, -0.25) is 14.9 Å². The number of aromatic amines is 1. The van der Waals surface area contributed by atoms with E-state index >= 15 is 0 Å². The summed E-state index contributed by atoms with van der Waals surface area (Å²) in [5.41, 5.74) is 2.08. The van der Waals surface area contributed by atoms with E-state index in [0.29, 0.717) is 22.3 Å². The standard InChI is InChI=1S/C16H13N3O3/c1-2-10-4-3-5-13-14(10)17-15(18-16(13)20)11-6-8-12(9-7-11)19(21)22/h3-9H,2H2,1H3,(H,17,18,20). The number of nitro benzene ring substituents is 1. The molecule has 0 saturated heterocycles. The van der Waals surface area contributed by atoms with Crippen LogP contribution in [0.5, 0.6) is 0 Å². The molecule has 0 fully saturated rings. The molecule has 0 amide bonds. The zero-order valence-electron chi connectivity index (χ0n) is 11.9. The van der Waals surface area contributed by atoms with Crippen LogP contribution in [-0.4, -0.2) is 14.9 Å². The molecule has 1 N–H and O–H groups in total. The maximum atomic E-state index is 12.2. The van der Waals surface area contributed by atoms with Crippen molar-refractivity contribution in [3.05, 3.63) is 68.5 Å². The van der Waals surface area contributed by atoms with Crippen LogP contribution in [0.2, 0.25) is 0 Å². The molecular formula is C16H13N3O3. The van der Waals surface area contributed by atoms with Gasteiger partial charge in [-0.1, -0.05) is 19.1 Å². The van der Waals surface area contributed by atoms with Crippen LogP contribution in [0.3, 0.4) is 0 Å². The van der Waals surface area contributed by atoms with E-state index in [1.165, 1.54) is 12.1 Å². The number of fused-ring (bicyclic) bond motifs is 1. The summed E-state index contributed by atoms with van der Waals surface area (Å²) in [6.07, 6.45) is 0.771. The highest BCUT2D eigenvalue weighted by Crippen LogP contribution is 2.21. The highest BCUT2D eigenvalue weighted by atomic mass is 16.6. The third-order valence-corrected chi connectivity index (χ3v) is 3.55. The smallest absolute Gasteiger partial charge is 0.269 e. The Labute approximate surface area is 125 Å². The van der Waals surface area contributed by atoms with Crippen LogP contribution in [0.4, 0.5) is 5.69 Å². The van der Waals surface area contributed by atoms with Crippen LogP contribution in [0, 0.1) is 10.1 Å². The molecule has 110 valence electrons. The number of non-ortho nitro benzene ring substituents is 1. The quantitative estimate of drug-likeness (QED) is 0.594. The molecule has 0 spiro atoms. The predicted molar refractivity (Wildman–Crippen MR) is 83.8 cm³/mol. The number of hydrogen-bond donors (Lipinski definition) is 1. The van der Waals surface area contributed by atoms with Crippen molar-refractivity contribution >= 4 is 16.6 Å². The van der Waals surface area contributed by atoms with Crippen molar-refractivity contribution in [2.24, 2.45) is 0 Å². The normalized spacial score (nSPS) is 10.8. The molecule has 1 heterocycles. The molecule has 0 atom stereocenters. The second-order valence-corrected chi connectivity index (χ2v) is 4.89. The number of aromatic nitrogens is 2. The summed E-state index contributed by atoms with van der Waals surface area (Å²) >= 11 is 0. The molecule has 0 aliphatic carbocycles. The molecule has 1 aromatic heterocycles. The average molecular weight is 295 g/mol. The molecule has 0 saturated carbocycles. The summed E-state index contributed by atoms with van der Waals surface area (Å²) in [6.45, 7) is 2.00. The van der Waals surface area contributed by atoms with E-state index in [9.17, 15) is 14.9 Å². The fourth-order valence-electron chi connectivity index (χ4n) is 2.38. The van der Waals surface area contributed by atoms with Crippen molar-refractivity contribution in [2.75, 3.05) is 0 Å². The van der Waals surface area contributed by atoms with Gasteiger partial charge in [0, 0.05) is 17.7 Å². The fourth-order valence-corrected chi connectivity index (χ4v) is 2.38. The summed E-state index contributed by atoms with van der Waals surface area (Å²) < 4.78 is 0. The Bertz CT molecular complexity index is 914. The molecule has 0 aliphatic rings. The van der Waals surface area contributed by atoms with Crippen LogP contribution < -0.4 is 5.56 Å². The number of nitro groups is 1.